The summed E-state index contributed by atoms with van der Waals surface area (Å²) in [5, 5.41) is 3.28. The first kappa shape index (κ1) is 7.03. The fraction of sp³-hybridized carbons (Fsp3) is 1.00. The van der Waals surface area contributed by atoms with Gasteiger partial charge in [0, 0.05) is 6.04 Å². The fourth-order valence-corrected chi connectivity index (χ4v) is 1.70. The largest absolute Gasteiger partial charge is 0.330 e. The zero-order valence-corrected chi connectivity index (χ0v) is 6.06. The molecule has 54 valence electrons. The van der Waals surface area contributed by atoms with Crippen LogP contribution in [0.15, 0.2) is 0 Å². The smallest absolute Gasteiger partial charge is 0.0104 e. The van der Waals surface area contributed by atoms with Gasteiger partial charge in [-0.2, -0.15) is 0 Å². The topological polar surface area (TPSA) is 38.0 Å². The molecular formula is C7H16N2. The van der Waals surface area contributed by atoms with Crippen LogP contribution in [0.25, 0.3) is 0 Å². The van der Waals surface area contributed by atoms with Crippen molar-refractivity contribution in [2.24, 2.45) is 11.7 Å². The van der Waals surface area contributed by atoms with E-state index in [2.05, 4.69) is 5.32 Å². The standard InChI is InChI=1S/C7H16N2/c1-9-7-4-2-3-6(7)5-8/h6-7,9H,2-5,8H2,1H3/t6-,7-/m1/s1. The lowest BCUT2D eigenvalue weighted by Gasteiger charge is -2.15. The van der Waals surface area contributed by atoms with E-state index in [1.54, 1.807) is 0 Å². The molecule has 0 aromatic carbocycles. The molecule has 1 fully saturated rings. The van der Waals surface area contributed by atoms with E-state index in [0.717, 1.165) is 12.5 Å². The minimum absolute atomic E-state index is 0.704. The maximum absolute atomic E-state index is 5.56. The van der Waals surface area contributed by atoms with Crippen LogP contribution in [0.1, 0.15) is 19.3 Å². The van der Waals surface area contributed by atoms with E-state index in [-0.39, 0.29) is 0 Å². The van der Waals surface area contributed by atoms with Crippen molar-refractivity contribution in [1.82, 2.24) is 5.32 Å². The first-order valence-corrected chi connectivity index (χ1v) is 3.76. The highest BCUT2D eigenvalue weighted by molar-refractivity contribution is 4.82. The Balaban J connectivity index is 2.32. The van der Waals surface area contributed by atoms with E-state index in [1.807, 2.05) is 7.05 Å². The van der Waals surface area contributed by atoms with Crippen LogP contribution < -0.4 is 11.1 Å². The van der Waals surface area contributed by atoms with Crippen molar-refractivity contribution in [3.63, 3.8) is 0 Å². The quantitative estimate of drug-likeness (QED) is 0.562. The Morgan fingerprint density at radius 1 is 1.56 bits per heavy atom. The third-order valence-electron chi connectivity index (χ3n) is 2.33. The van der Waals surface area contributed by atoms with Gasteiger partial charge in [0.05, 0.1) is 0 Å². The molecule has 0 unspecified atom stereocenters. The molecule has 3 N–H and O–H groups in total. The predicted molar refractivity (Wildman–Crippen MR) is 39.2 cm³/mol. The third kappa shape index (κ3) is 1.43. The molecule has 0 radical (unpaired) electrons. The van der Waals surface area contributed by atoms with Crippen LogP contribution in [0.5, 0.6) is 0 Å². The molecule has 9 heavy (non-hydrogen) atoms. The van der Waals surface area contributed by atoms with Gasteiger partial charge in [-0.25, -0.2) is 0 Å². The molecule has 1 saturated carbocycles. The van der Waals surface area contributed by atoms with Gasteiger partial charge in [-0.1, -0.05) is 6.42 Å². The summed E-state index contributed by atoms with van der Waals surface area (Å²) >= 11 is 0. The Bertz CT molecular complexity index is 73.0. The monoisotopic (exact) mass is 128 g/mol. The Kier molecular flexibility index (Phi) is 2.49. The zero-order chi connectivity index (χ0) is 6.69. The van der Waals surface area contributed by atoms with Gasteiger partial charge in [0.1, 0.15) is 0 Å². The van der Waals surface area contributed by atoms with Crippen LogP contribution in [0.3, 0.4) is 0 Å². The normalized spacial score (nSPS) is 35.3. The van der Waals surface area contributed by atoms with Crippen molar-refractivity contribution in [3.8, 4) is 0 Å². The van der Waals surface area contributed by atoms with Crippen LogP contribution in [0.4, 0.5) is 0 Å². The average Bonchev–Trinajstić information content (AvgIpc) is 2.33. The summed E-state index contributed by atoms with van der Waals surface area (Å²) in [6, 6.07) is 0.704. The molecule has 0 saturated heterocycles. The van der Waals surface area contributed by atoms with Gasteiger partial charge in [0.25, 0.3) is 0 Å². The molecule has 1 aliphatic carbocycles. The van der Waals surface area contributed by atoms with E-state index in [4.69, 9.17) is 5.73 Å². The lowest BCUT2D eigenvalue weighted by molar-refractivity contribution is 0.434. The van der Waals surface area contributed by atoms with Crippen LogP contribution in [0, 0.1) is 5.92 Å². The van der Waals surface area contributed by atoms with E-state index in [9.17, 15) is 0 Å². The average molecular weight is 128 g/mol. The second kappa shape index (κ2) is 3.18. The molecule has 1 aliphatic rings. The van der Waals surface area contributed by atoms with Crippen molar-refractivity contribution in [1.29, 1.82) is 0 Å². The van der Waals surface area contributed by atoms with E-state index >= 15 is 0 Å². The number of rotatable bonds is 2. The Morgan fingerprint density at radius 3 is 2.78 bits per heavy atom. The molecule has 0 heterocycles. The second-order valence-electron chi connectivity index (χ2n) is 2.82. The van der Waals surface area contributed by atoms with Crippen molar-refractivity contribution < 1.29 is 0 Å². The van der Waals surface area contributed by atoms with Crippen LogP contribution in [-0.2, 0) is 0 Å². The van der Waals surface area contributed by atoms with E-state index < -0.39 is 0 Å². The summed E-state index contributed by atoms with van der Waals surface area (Å²) in [7, 11) is 2.03. The van der Waals surface area contributed by atoms with Crippen LogP contribution in [-0.4, -0.2) is 19.6 Å². The van der Waals surface area contributed by atoms with Gasteiger partial charge < -0.3 is 11.1 Å². The fourth-order valence-electron chi connectivity index (χ4n) is 1.70. The highest BCUT2D eigenvalue weighted by Gasteiger charge is 2.23. The minimum Gasteiger partial charge on any atom is -0.330 e. The Morgan fingerprint density at radius 2 is 2.33 bits per heavy atom. The molecule has 0 amide bonds. The number of hydrogen-bond donors (Lipinski definition) is 2. The number of nitrogens with two attached hydrogens (primary N) is 1. The summed E-state index contributed by atoms with van der Waals surface area (Å²) in [6.07, 6.45) is 3.99. The van der Waals surface area contributed by atoms with Gasteiger partial charge in [-0.05, 0) is 32.4 Å². The zero-order valence-electron chi connectivity index (χ0n) is 6.06. The molecule has 2 heteroatoms. The molecular weight excluding hydrogens is 112 g/mol. The molecule has 0 aromatic heterocycles. The minimum atomic E-state index is 0.704. The van der Waals surface area contributed by atoms with Gasteiger partial charge >= 0.3 is 0 Å². The van der Waals surface area contributed by atoms with Gasteiger partial charge in [-0.15, -0.1) is 0 Å². The van der Waals surface area contributed by atoms with E-state index in [0.29, 0.717) is 6.04 Å². The molecule has 0 aliphatic heterocycles. The lowest BCUT2D eigenvalue weighted by Crippen LogP contribution is -2.33. The number of nitrogens with one attached hydrogen (secondary N) is 1. The second-order valence-corrected chi connectivity index (χ2v) is 2.82. The molecule has 0 spiro atoms. The first-order valence-electron chi connectivity index (χ1n) is 3.76. The van der Waals surface area contributed by atoms with Crippen molar-refractivity contribution in [3.05, 3.63) is 0 Å². The maximum Gasteiger partial charge on any atom is 0.0104 e. The van der Waals surface area contributed by atoms with E-state index in [1.165, 1.54) is 19.3 Å². The first-order chi connectivity index (χ1) is 4.38. The Labute approximate surface area is 56.8 Å². The van der Waals surface area contributed by atoms with Gasteiger partial charge in [0.2, 0.25) is 0 Å². The summed E-state index contributed by atoms with van der Waals surface area (Å²) < 4.78 is 0. The molecule has 2 atom stereocenters. The molecule has 0 aromatic rings. The third-order valence-corrected chi connectivity index (χ3v) is 2.33. The van der Waals surface area contributed by atoms with Crippen molar-refractivity contribution in [2.45, 2.75) is 25.3 Å². The van der Waals surface area contributed by atoms with Crippen LogP contribution >= 0.6 is 0 Å². The van der Waals surface area contributed by atoms with Crippen molar-refractivity contribution in [2.75, 3.05) is 13.6 Å². The predicted octanol–water partition coefficient (Wildman–Crippen LogP) is 0.333. The summed E-state index contributed by atoms with van der Waals surface area (Å²) in [5.74, 6) is 0.745. The summed E-state index contributed by atoms with van der Waals surface area (Å²) in [4.78, 5) is 0. The maximum atomic E-state index is 5.56. The molecule has 2 nitrogen and oxygen atoms in total. The Hall–Kier alpha value is -0.0800. The van der Waals surface area contributed by atoms with Gasteiger partial charge in [-0.3, -0.25) is 0 Å². The SMILES string of the molecule is CN[C@@H]1CCC[C@@H]1CN. The van der Waals surface area contributed by atoms with Gasteiger partial charge in [0.15, 0.2) is 0 Å². The lowest BCUT2D eigenvalue weighted by atomic mass is 10.1. The molecule has 0 bridgehead atoms. The van der Waals surface area contributed by atoms with Crippen LogP contribution in [0.2, 0.25) is 0 Å². The summed E-state index contributed by atoms with van der Waals surface area (Å²) in [5.41, 5.74) is 5.56. The highest BCUT2D eigenvalue weighted by atomic mass is 14.9. The highest BCUT2D eigenvalue weighted by Crippen LogP contribution is 2.23. The molecule has 1 rings (SSSR count). The number of hydrogen-bond acceptors (Lipinski definition) is 2. The van der Waals surface area contributed by atoms with Crippen molar-refractivity contribution >= 4 is 0 Å². The summed E-state index contributed by atoms with van der Waals surface area (Å²) in [6.45, 7) is 0.853.